The minimum absolute atomic E-state index is 0.0186. The second-order valence-corrected chi connectivity index (χ2v) is 4.56. The van der Waals surface area contributed by atoms with E-state index in [1.807, 2.05) is 0 Å². The Morgan fingerprint density at radius 2 is 2.39 bits per heavy atom. The molecular weight excluding hydrogens is 235 g/mol. The third-order valence-electron chi connectivity index (χ3n) is 3.22. The van der Waals surface area contributed by atoms with Crippen molar-refractivity contribution in [3.05, 3.63) is 17.8 Å². The van der Waals surface area contributed by atoms with Crippen molar-refractivity contribution in [2.45, 2.75) is 25.8 Å². The molecule has 1 atom stereocenters. The number of halogens is 1. The van der Waals surface area contributed by atoms with E-state index in [-0.39, 0.29) is 12.4 Å². The Morgan fingerprint density at radius 1 is 1.56 bits per heavy atom. The molecule has 1 aliphatic heterocycles. The Labute approximate surface area is 106 Å². The normalized spacial score (nSPS) is 19.2. The van der Waals surface area contributed by atoms with E-state index in [9.17, 15) is 4.39 Å². The molecule has 18 heavy (non-hydrogen) atoms. The maximum atomic E-state index is 14.0. The van der Waals surface area contributed by atoms with Crippen molar-refractivity contribution in [3.63, 3.8) is 0 Å². The molecule has 0 aliphatic carbocycles. The number of hydrogen-bond acceptors (Lipinski definition) is 5. The van der Waals surface area contributed by atoms with Crippen molar-refractivity contribution in [1.82, 2.24) is 15.3 Å². The number of hydrogen-bond donors (Lipinski definition) is 2. The quantitative estimate of drug-likeness (QED) is 0.800. The fourth-order valence-corrected chi connectivity index (χ4v) is 2.25. The Hall–Kier alpha value is -1.27. The van der Waals surface area contributed by atoms with E-state index < -0.39 is 5.82 Å². The number of aliphatic hydroxyl groups is 1. The van der Waals surface area contributed by atoms with Gasteiger partial charge in [-0.2, -0.15) is 0 Å². The highest BCUT2D eigenvalue weighted by Gasteiger charge is 2.21. The van der Waals surface area contributed by atoms with Crippen LogP contribution in [0.5, 0.6) is 0 Å². The lowest BCUT2D eigenvalue weighted by molar-refractivity contribution is 0.299. The zero-order valence-corrected chi connectivity index (χ0v) is 10.6. The van der Waals surface area contributed by atoms with E-state index in [0.29, 0.717) is 24.8 Å². The molecule has 2 N–H and O–H groups in total. The summed E-state index contributed by atoms with van der Waals surface area (Å²) < 4.78 is 14.0. The minimum Gasteiger partial charge on any atom is -0.395 e. The van der Waals surface area contributed by atoms with Crippen LogP contribution in [-0.2, 0) is 0 Å². The zero-order chi connectivity index (χ0) is 13.0. The van der Waals surface area contributed by atoms with Gasteiger partial charge in [-0.05, 0) is 26.3 Å². The van der Waals surface area contributed by atoms with Crippen LogP contribution < -0.4 is 10.2 Å². The average molecular weight is 254 g/mol. The van der Waals surface area contributed by atoms with Crippen molar-refractivity contribution in [1.29, 1.82) is 0 Å². The molecule has 0 spiro atoms. The van der Waals surface area contributed by atoms with Gasteiger partial charge in [0.15, 0.2) is 11.6 Å². The molecule has 0 radical (unpaired) electrons. The van der Waals surface area contributed by atoms with Crippen molar-refractivity contribution in [2.24, 2.45) is 0 Å². The van der Waals surface area contributed by atoms with Gasteiger partial charge in [-0.3, -0.25) is 0 Å². The van der Waals surface area contributed by atoms with Gasteiger partial charge in [0.05, 0.1) is 12.3 Å². The van der Waals surface area contributed by atoms with Gasteiger partial charge in [0.1, 0.15) is 6.33 Å². The molecule has 6 heteroatoms. The van der Waals surface area contributed by atoms with Gasteiger partial charge in [-0.25, -0.2) is 14.4 Å². The van der Waals surface area contributed by atoms with Crippen molar-refractivity contribution < 1.29 is 9.50 Å². The second-order valence-electron chi connectivity index (χ2n) is 4.56. The lowest BCUT2D eigenvalue weighted by Crippen LogP contribution is -2.40. The Balaban J connectivity index is 2.14. The first-order valence-corrected chi connectivity index (χ1v) is 6.28. The summed E-state index contributed by atoms with van der Waals surface area (Å²) in [5.41, 5.74) is 0.335. The summed E-state index contributed by atoms with van der Waals surface area (Å²) in [5.74, 6) is -0.116. The molecular formula is C12H19FN4O. The molecule has 1 unspecified atom stereocenters. The Kier molecular flexibility index (Phi) is 4.43. The highest BCUT2D eigenvalue weighted by atomic mass is 19.1. The first-order valence-electron chi connectivity index (χ1n) is 6.28. The summed E-state index contributed by atoms with van der Waals surface area (Å²) >= 11 is 0. The van der Waals surface area contributed by atoms with Crippen molar-refractivity contribution in [3.8, 4) is 0 Å². The van der Waals surface area contributed by atoms with Crippen LogP contribution in [0, 0.1) is 12.7 Å². The Bertz CT molecular complexity index is 396. The molecule has 1 aromatic rings. The molecule has 5 nitrogen and oxygen atoms in total. The molecule has 1 fully saturated rings. The predicted octanol–water partition coefficient (Wildman–Crippen LogP) is 0.475. The van der Waals surface area contributed by atoms with Crippen LogP contribution in [0.3, 0.4) is 0 Å². The average Bonchev–Trinajstić information content (AvgIpc) is 2.85. The summed E-state index contributed by atoms with van der Waals surface area (Å²) in [6.45, 7) is 3.64. The van der Waals surface area contributed by atoms with Crippen LogP contribution in [-0.4, -0.2) is 47.4 Å². The van der Waals surface area contributed by atoms with Crippen LogP contribution >= 0.6 is 0 Å². The third-order valence-corrected chi connectivity index (χ3v) is 3.22. The zero-order valence-electron chi connectivity index (χ0n) is 10.6. The van der Waals surface area contributed by atoms with Gasteiger partial charge in [0.2, 0.25) is 0 Å². The SMILES string of the molecule is Cc1ncnc(N(CCO)CC2CCCN2)c1F. The van der Waals surface area contributed by atoms with E-state index in [4.69, 9.17) is 5.11 Å². The van der Waals surface area contributed by atoms with Gasteiger partial charge in [0, 0.05) is 19.1 Å². The van der Waals surface area contributed by atoms with Gasteiger partial charge < -0.3 is 15.3 Å². The smallest absolute Gasteiger partial charge is 0.186 e. The minimum atomic E-state index is -0.399. The summed E-state index contributed by atoms with van der Waals surface area (Å²) in [7, 11) is 0. The van der Waals surface area contributed by atoms with Gasteiger partial charge in [-0.1, -0.05) is 0 Å². The molecule has 100 valence electrons. The number of aromatic nitrogens is 2. The molecule has 0 aromatic carbocycles. The maximum absolute atomic E-state index is 14.0. The molecule has 0 saturated carbocycles. The maximum Gasteiger partial charge on any atom is 0.186 e. The van der Waals surface area contributed by atoms with Crippen molar-refractivity contribution >= 4 is 5.82 Å². The highest BCUT2D eigenvalue weighted by molar-refractivity contribution is 5.41. The van der Waals surface area contributed by atoms with Crippen LogP contribution in [0.25, 0.3) is 0 Å². The molecule has 2 rings (SSSR count). The Morgan fingerprint density at radius 3 is 3.06 bits per heavy atom. The van der Waals surface area contributed by atoms with Crippen molar-refractivity contribution in [2.75, 3.05) is 31.1 Å². The van der Waals surface area contributed by atoms with E-state index in [0.717, 1.165) is 19.4 Å². The summed E-state index contributed by atoms with van der Waals surface area (Å²) in [5, 5.41) is 12.5. The first-order chi connectivity index (χ1) is 8.72. The molecule has 0 bridgehead atoms. The molecule has 1 aromatic heterocycles. The lowest BCUT2D eigenvalue weighted by atomic mass is 10.2. The van der Waals surface area contributed by atoms with Crippen LogP contribution in [0.1, 0.15) is 18.5 Å². The summed E-state index contributed by atoms with van der Waals surface area (Å²) in [6.07, 6.45) is 3.58. The number of rotatable bonds is 5. The molecule has 1 saturated heterocycles. The predicted molar refractivity (Wildman–Crippen MR) is 67.1 cm³/mol. The fraction of sp³-hybridized carbons (Fsp3) is 0.667. The number of anilines is 1. The number of aryl methyl sites for hydroxylation is 1. The number of aliphatic hydroxyl groups excluding tert-OH is 1. The topological polar surface area (TPSA) is 61.3 Å². The molecule has 0 amide bonds. The first kappa shape index (κ1) is 13.2. The van der Waals surface area contributed by atoms with E-state index in [1.165, 1.54) is 6.33 Å². The standard InChI is InChI=1S/C12H19FN4O/c1-9-11(13)12(16-8-15-9)17(5-6-18)7-10-3-2-4-14-10/h8,10,14,18H,2-7H2,1H3. The summed E-state index contributed by atoms with van der Waals surface area (Å²) in [6, 6.07) is 0.339. The van der Waals surface area contributed by atoms with Crippen LogP contribution in [0.15, 0.2) is 6.33 Å². The molecule has 2 heterocycles. The van der Waals surface area contributed by atoms with Crippen LogP contribution in [0.4, 0.5) is 10.2 Å². The van der Waals surface area contributed by atoms with E-state index in [2.05, 4.69) is 15.3 Å². The number of nitrogens with zero attached hydrogens (tertiary/aromatic N) is 3. The fourth-order valence-electron chi connectivity index (χ4n) is 2.25. The largest absolute Gasteiger partial charge is 0.395 e. The lowest BCUT2D eigenvalue weighted by Gasteiger charge is -2.26. The van der Waals surface area contributed by atoms with Gasteiger partial charge >= 0.3 is 0 Å². The van der Waals surface area contributed by atoms with Crippen LogP contribution in [0.2, 0.25) is 0 Å². The van der Waals surface area contributed by atoms with Gasteiger partial charge in [0.25, 0.3) is 0 Å². The van der Waals surface area contributed by atoms with E-state index in [1.54, 1.807) is 11.8 Å². The summed E-state index contributed by atoms with van der Waals surface area (Å²) in [4.78, 5) is 9.61. The highest BCUT2D eigenvalue weighted by Crippen LogP contribution is 2.18. The second kappa shape index (κ2) is 6.06. The monoisotopic (exact) mass is 254 g/mol. The molecule has 1 aliphatic rings. The third kappa shape index (κ3) is 2.94. The van der Waals surface area contributed by atoms with E-state index >= 15 is 0 Å². The number of nitrogens with one attached hydrogen (secondary N) is 1. The van der Waals surface area contributed by atoms with Gasteiger partial charge in [-0.15, -0.1) is 0 Å².